The summed E-state index contributed by atoms with van der Waals surface area (Å²) in [6.45, 7) is 8.25. The Morgan fingerprint density at radius 3 is 1.85 bits per heavy atom. The predicted octanol–water partition coefficient (Wildman–Crippen LogP) is 5.02. The molecular formula is C14H20ClNO4. The van der Waals surface area contributed by atoms with Gasteiger partial charge < -0.3 is 4.74 Å². The van der Waals surface area contributed by atoms with Gasteiger partial charge in [-0.3, -0.25) is 10.1 Å². The maximum absolute atomic E-state index is 10.2. The summed E-state index contributed by atoms with van der Waals surface area (Å²) in [5, 5.41) is 10.2. The van der Waals surface area contributed by atoms with Gasteiger partial charge in [0.2, 0.25) is 0 Å². The maximum atomic E-state index is 10.2. The van der Waals surface area contributed by atoms with Crippen molar-refractivity contribution in [2.24, 2.45) is 0 Å². The van der Waals surface area contributed by atoms with Gasteiger partial charge in [0.1, 0.15) is 5.75 Å². The average Bonchev–Trinajstić information content (AvgIpc) is 2.44. The fourth-order valence-electron chi connectivity index (χ4n) is 0.729. The third-order valence-corrected chi connectivity index (χ3v) is 1.32. The van der Waals surface area contributed by atoms with Gasteiger partial charge in [-0.2, -0.15) is 0 Å². The predicted molar refractivity (Wildman–Crippen MR) is 82.2 cm³/mol. The number of nitro groups is 1. The Bertz CT molecular complexity index is 388. The molecule has 0 unspecified atom stereocenters. The summed E-state index contributed by atoms with van der Waals surface area (Å²) in [4.78, 5) is 19.9. The number of terminal acetylenes is 1. The fourth-order valence-corrected chi connectivity index (χ4v) is 0.818. The number of non-ortho nitro benzene ring substituents is 1. The van der Waals surface area contributed by atoms with Gasteiger partial charge in [-0.1, -0.05) is 34.1 Å². The number of hydrogen-bond acceptors (Lipinski definition) is 4. The van der Waals surface area contributed by atoms with Crippen LogP contribution in [0.5, 0.6) is 5.75 Å². The van der Waals surface area contributed by atoms with Crippen LogP contribution in [0.3, 0.4) is 0 Å². The minimum absolute atomic E-state index is 0.0747. The number of nitrogens with zero attached hydrogens (tertiary/aromatic N) is 1. The van der Waals surface area contributed by atoms with Crippen molar-refractivity contribution in [1.82, 2.24) is 0 Å². The molecule has 0 bridgehead atoms. The molecule has 0 amide bonds. The molecule has 0 atom stereocenters. The zero-order valence-corrected chi connectivity index (χ0v) is 12.9. The van der Waals surface area contributed by atoms with Crippen LogP contribution >= 0.6 is 11.6 Å². The van der Waals surface area contributed by atoms with E-state index in [2.05, 4.69) is 31.4 Å². The molecule has 20 heavy (non-hydrogen) atoms. The maximum Gasteiger partial charge on any atom is 0.409 e. The summed E-state index contributed by atoms with van der Waals surface area (Å²) in [7, 11) is 0. The third kappa shape index (κ3) is 14.0. The Balaban J connectivity index is -0.000000355. The molecule has 5 nitrogen and oxygen atoms in total. The lowest BCUT2D eigenvalue weighted by atomic mass is 10.3. The fraction of sp³-hybridized carbons (Fsp3) is 0.357. The van der Waals surface area contributed by atoms with E-state index >= 15 is 0 Å². The molecule has 112 valence electrons. The number of carbonyl (C=O) groups is 1. The Kier molecular flexibility index (Phi) is 19.5. The van der Waals surface area contributed by atoms with Gasteiger partial charge >= 0.3 is 5.43 Å². The lowest BCUT2D eigenvalue weighted by molar-refractivity contribution is -0.384. The first kappa shape index (κ1) is 23.1. The van der Waals surface area contributed by atoms with Gasteiger partial charge in [-0.15, -0.1) is 12.8 Å². The van der Waals surface area contributed by atoms with Crippen LogP contribution in [0.15, 0.2) is 24.3 Å². The molecule has 0 aromatic heterocycles. The minimum Gasteiger partial charge on any atom is -0.414 e. The van der Waals surface area contributed by atoms with Crippen LogP contribution in [-0.4, -0.2) is 10.4 Å². The first-order chi connectivity index (χ1) is 9.51. The zero-order valence-electron chi connectivity index (χ0n) is 12.1. The standard InChI is InChI=1S/C7H4ClNO4.C3H8.C2H6.C2H2/c8-7(10)13-6-3-1-5(2-4-6)9(11)12;1-3-2;2*1-2/h1-4H;3H2,1-2H3;1-2H3;1-2H. The zero-order chi connectivity index (χ0) is 16.6. The van der Waals surface area contributed by atoms with Gasteiger partial charge in [0.15, 0.2) is 0 Å². The van der Waals surface area contributed by atoms with Crippen LogP contribution in [0.1, 0.15) is 34.1 Å². The largest absolute Gasteiger partial charge is 0.414 e. The molecule has 1 rings (SSSR count). The van der Waals surface area contributed by atoms with Crippen LogP contribution in [-0.2, 0) is 0 Å². The van der Waals surface area contributed by atoms with E-state index < -0.39 is 10.4 Å². The molecular weight excluding hydrogens is 282 g/mol. The molecule has 0 saturated carbocycles. The van der Waals surface area contributed by atoms with E-state index in [-0.39, 0.29) is 11.4 Å². The van der Waals surface area contributed by atoms with Gasteiger partial charge in [-0.05, 0) is 12.1 Å². The van der Waals surface area contributed by atoms with E-state index in [1.165, 1.54) is 30.7 Å². The average molecular weight is 302 g/mol. The summed E-state index contributed by atoms with van der Waals surface area (Å²) >= 11 is 4.92. The van der Waals surface area contributed by atoms with E-state index in [1.54, 1.807) is 0 Å². The Hall–Kier alpha value is -2.06. The van der Waals surface area contributed by atoms with Gasteiger partial charge in [0.25, 0.3) is 5.69 Å². The van der Waals surface area contributed by atoms with Crippen molar-refractivity contribution < 1.29 is 14.5 Å². The first-order valence-corrected chi connectivity index (χ1v) is 6.34. The molecule has 6 heteroatoms. The van der Waals surface area contributed by atoms with Crippen LogP contribution < -0.4 is 4.74 Å². The molecule has 0 spiro atoms. The smallest absolute Gasteiger partial charge is 0.409 e. The van der Waals surface area contributed by atoms with Crippen LogP contribution in [0.25, 0.3) is 0 Å². The van der Waals surface area contributed by atoms with Crippen molar-refractivity contribution in [2.45, 2.75) is 34.1 Å². The number of halogens is 1. The van der Waals surface area contributed by atoms with Crippen molar-refractivity contribution in [3.63, 3.8) is 0 Å². The summed E-state index contributed by atoms with van der Waals surface area (Å²) in [5.74, 6) is 0.172. The number of ether oxygens (including phenoxy) is 1. The monoisotopic (exact) mass is 301 g/mol. The SMILES string of the molecule is C#C.CC.CCC.O=C(Cl)Oc1ccc([N+](=O)[O-])cc1. The molecule has 0 fully saturated rings. The highest BCUT2D eigenvalue weighted by Crippen LogP contribution is 2.17. The molecule has 0 saturated heterocycles. The van der Waals surface area contributed by atoms with Crippen LogP contribution in [0.4, 0.5) is 10.5 Å². The van der Waals surface area contributed by atoms with Crippen molar-refractivity contribution in [2.75, 3.05) is 0 Å². The molecule has 0 radical (unpaired) electrons. The summed E-state index contributed by atoms with van der Waals surface area (Å²) in [6, 6.07) is 5.02. The number of nitro benzene ring substituents is 1. The number of benzene rings is 1. The van der Waals surface area contributed by atoms with E-state index in [0.717, 1.165) is 0 Å². The summed E-state index contributed by atoms with van der Waals surface area (Å²) < 4.78 is 4.45. The molecule has 0 aliphatic rings. The second kappa shape index (κ2) is 16.9. The summed E-state index contributed by atoms with van der Waals surface area (Å²) in [6.07, 6.45) is 9.25. The van der Waals surface area contributed by atoms with Crippen molar-refractivity contribution in [3.8, 4) is 18.6 Å². The molecule has 0 N–H and O–H groups in total. The van der Waals surface area contributed by atoms with E-state index in [0.29, 0.717) is 0 Å². The van der Waals surface area contributed by atoms with Gasteiger partial charge in [-0.25, -0.2) is 4.79 Å². The van der Waals surface area contributed by atoms with Gasteiger partial charge in [0, 0.05) is 23.7 Å². The highest BCUT2D eigenvalue weighted by molar-refractivity contribution is 6.61. The van der Waals surface area contributed by atoms with Crippen molar-refractivity contribution in [3.05, 3.63) is 34.4 Å². The first-order valence-electron chi connectivity index (χ1n) is 5.96. The Labute approximate surface area is 125 Å². The number of rotatable bonds is 2. The van der Waals surface area contributed by atoms with E-state index in [9.17, 15) is 14.9 Å². The van der Waals surface area contributed by atoms with Crippen molar-refractivity contribution in [1.29, 1.82) is 0 Å². The number of carbonyl (C=O) groups excluding carboxylic acids is 1. The summed E-state index contributed by atoms with van der Waals surface area (Å²) in [5.41, 5.74) is -1.05. The quantitative estimate of drug-likeness (QED) is 0.333. The topological polar surface area (TPSA) is 69.4 Å². The molecule has 0 heterocycles. The third-order valence-electron chi connectivity index (χ3n) is 1.25. The normalized spacial score (nSPS) is 7.35. The van der Waals surface area contributed by atoms with Gasteiger partial charge in [0.05, 0.1) is 4.92 Å². The van der Waals surface area contributed by atoms with E-state index in [1.807, 2.05) is 13.8 Å². The Morgan fingerprint density at radius 2 is 1.60 bits per heavy atom. The van der Waals surface area contributed by atoms with Crippen LogP contribution in [0.2, 0.25) is 0 Å². The second-order valence-corrected chi connectivity index (χ2v) is 3.11. The lowest BCUT2D eigenvalue weighted by Gasteiger charge is -1.97. The second-order valence-electron chi connectivity index (χ2n) is 2.80. The highest BCUT2D eigenvalue weighted by atomic mass is 35.5. The highest BCUT2D eigenvalue weighted by Gasteiger charge is 2.05. The van der Waals surface area contributed by atoms with E-state index in [4.69, 9.17) is 11.6 Å². The van der Waals surface area contributed by atoms with Crippen LogP contribution in [0, 0.1) is 23.0 Å². The molecule has 1 aromatic carbocycles. The number of hydrogen-bond donors (Lipinski definition) is 0. The molecule has 0 aliphatic carbocycles. The lowest BCUT2D eigenvalue weighted by Crippen LogP contribution is -1.96. The Morgan fingerprint density at radius 1 is 1.25 bits per heavy atom. The molecule has 0 aliphatic heterocycles. The molecule has 1 aromatic rings. The van der Waals surface area contributed by atoms with Crippen molar-refractivity contribution >= 4 is 22.7 Å². The minimum atomic E-state index is -0.978.